The van der Waals surface area contributed by atoms with Crippen LogP contribution in [0.1, 0.15) is 63.4 Å². The van der Waals surface area contributed by atoms with E-state index in [1.165, 1.54) is 19.3 Å². The maximum Gasteiger partial charge on any atom is 0.230 e. The van der Waals surface area contributed by atoms with Crippen molar-refractivity contribution in [3.05, 3.63) is 29.8 Å². The number of halogens is 1. The lowest BCUT2D eigenvalue weighted by atomic mass is 9.66. The molecule has 1 amide bonds. The summed E-state index contributed by atoms with van der Waals surface area (Å²) < 4.78 is 5.42. The quantitative estimate of drug-likeness (QED) is 0.815. The fraction of sp³-hybridized carbons (Fsp3) is 0.682. The average Bonchev–Trinajstić information content (AvgIpc) is 3.14. The topological polar surface area (TPSA) is 64.3 Å². The third-order valence-corrected chi connectivity index (χ3v) is 7.19. The minimum atomic E-state index is -0.387. The summed E-state index contributed by atoms with van der Waals surface area (Å²) in [5.74, 6) is 2.19. The zero-order valence-corrected chi connectivity index (χ0v) is 17.1. The van der Waals surface area contributed by atoms with Crippen molar-refractivity contribution in [2.75, 3.05) is 7.11 Å². The molecule has 150 valence electrons. The summed E-state index contributed by atoms with van der Waals surface area (Å²) in [6, 6.07) is 8.76. The van der Waals surface area contributed by atoms with Gasteiger partial charge in [0.1, 0.15) is 5.75 Å². The predicted molar refractivity (Wildman–Crippen MR) is 110 cm³/mol. The molecule has 1 aromatic rings. The van der Waals surface area contributed by atoms with Crippen molar-refractivity contribution in [1.29, 1.82) is 0 Å². The number of amides is 1. The van der Waals surface area contributed by atoms with E-state index >= 15 is 0 Å². The van der Waals surface area contributed by atoms with Gasteiger partial charge in [0.05, 0.1) is 12.5 Å². The Morgan fingerprint density at radius 3 is 2.44 bits per heavy atom. The van der Waals surface area contributed by atoms with E-state index < -0.39 is 0 Å². The van der Waals surface area contributed by atoms with Crippen molar-refractivity contribution in [3.63, 3.8) is 0 Å². The zero-order chi connectivity index (χ0) is 18.1. The lowest BCUT2D eigenvalue weighted by Gasteiger charge is -2.46. The Hall–Kier alpha value is -1.26. The SMILES string of the molecule is COc1cccc(C2(C(=O)NC3C4CCCC3CC(N)C4)CCCC2)c1.Cl. The van der Waals surface area contributed by atoms with Gasteiger partial charge in [0.25, 0.3) is 0 Å². The third-order valence-electron chi connectivity index (χ3n) is 7.19. The van der Waals surface area contributed by atoms with Gasteiger partial charge in [-0.3, -0.25) is 4.79 Å². The van der Waals surface area contributed by atoms with Crippen LogP contribution in [-0.4, -0.2) is 25.1 Å². The Bertz CT molecular complexity index is 645. The standard InChI is InChI=1S/C22H32N2O2.ClH/c1-26-19-9-5-8-17(14-19)22(10-2-3-11-22)21(25)24-20-15-6-4-7-16(20)13-18(23)12-15;/h5,8-9,14-16,18,20H,2-4,6-7,10-13,23H2,1H3,(H,24,25);1H. The van der Waals surface area contributed by atoms with Crippen LogP contribution in [0, 0.1) is 11.8 Å². The number of methoxy groups -OCH3 is 1. The summed E-state index contributed by atoms with van der Waals surface area (Å²) in [6.45, 7) is 0. The molecule has 3 saturated carbocycles. The average molecular weight is 393 g/mol. The van der Waals surface area contributed by atoms with Crippen LogP contribution in [0.5, 0.6) is 5.75 Å². The number of hydrogen-bond acceptors (Lipinski definition) is 3. The molecule has 0 aromatic heterocycles. The molecule has 2 atom stereocenters. The fourth-order valence-electron chi connectivity index (χ4n) is 5.86. The predicted octanol–water partition coefficient (Wildman–Crippen LogP) is 3.95. The summed E-state index contributed by atoms with van der Waals surface area (Å²) in [4.78, 5) is 13.6. The van der Waals surface area contributed by atoms with Crippen LogP contribution in [0.25, 0.3) is 0 Å². The molecule has 3 N–H and O–H groups in total. The fourth-order valence-corrected chi connectivity index (χ4v) is 5.86. The van der Waals surface area contributed by atoms with Crippen LogP contribution < -0.4 is 15.8 Å². The van der Waals surface area contributed by atoms with Gasteiger partial charge in [-0.1, -0.05) is 31.4 Å². The number of carbonyl (C=O) groups excluding carboxylic acids is 1. The zero-order valence-electron chi connectivity index (χ0n) is 16.3. The summed E-state index contributed by atoms with van der Waals surface area (Å²) in [7, 11) is 1.69. The van der Waals surface area contributed by atoms with Gasteiger partial charge in [-0.05, 0) is 68.1 Å². The molecule has 0 spiro atoms. The largest absolute Gasteiger partial charge is 0.497 e. The van der Waals surface area contributed by atoms with Gasteiger partial charge in [0.2, 0.25) is 5.91 Å². The van der Waals surface area contributed by atoms with E-state index in [2.05, 4.69) is 17.4 Å². The maximum atomic E-state index is 13.6. The highest BCUT2D eigenvalue weighted by Gasteiger charge is 2.46. The monoisotopic (exact) mass is 392 g/mol. The van der Waals surface area contributed by atoms with E-state index in [1.54, 1.807) is 7.11 Å². The van der Waals surface area contributed by atoms with Gasteiger partial charge in [-0.15, -0.1) is 12.4 Å². The van der Waals surface area contributed by atoms with Gasteiger partial charge in [0.15, 0.2) is 0 Å². The molecule has 4 nitrogen and oxygen atoms in total. The molecular weight excluding hydrogens is 360 g/mol. The van der Waals surface area contributed by atoms with Gasteiger partial charge in [0, 0.05) is 12.1 Å². The van der Waals surface area contributed by atoms with E-state index in [9.17, 15) is 4.79 Å². The number of ether oxygens (including phenoxy) is 1. The third kappa shape index (κ3) is 3.84. The van der Waals surface area contributed by atoms with Crippen molar-refractivity contribution in [3.8, 4) is 5.75 Å². The summed E-state index contributed by atoms with van der Waals surface area (Å²) in [6.07, 6.45) is 9.94. The first kappa shape index (κ1) is 20.5. The summed E-state index contributed by atoms with van der Waals surface area (Å²) in [5, 5.41) is 3.52. The second-order valence-corrected chi connectivity index (χ2v) is 8.70. The highest BCUT2D eigenvalue weighted by molar-refractivity contribution is 5.89. The summed E-state index contributed by atoms with van der Waals surface area (Å²) >= 11 is 0. The van der Waals surface area contributed by atoms with Crippen LogP contribution in [0.4, 0.5) is 0 Å². The van der Waals surface area contributed by atoms with E-state index in [0.717, 1.165) is 49.8 Å². The Labute approximate surface area is 169 Å². The molecule has 2 bridgehead atoms. The molecule has 0 aliphatic heterocycles. The first-order valence-electron chi connectivity index (χ1n) is 10.3. The van der Waals surface area contributed by atoms with Crippen LogP contribution in [-0.2, 0) is 10.2 Å². The first-order valence-corrected chi connectivity index (χ1v) is 10.3. The molecule has 4 rings (SSSR count). The maximum absolute atomic E-state index is 13.6. The molecule has 27 heavy (non-hydrogen) atoms. The molecule has 3 aliphatic carbocycles. The number of rotatable bonds is 4. The Balaban J connectivity index is 0.00000210. The van der Waals surface area contributed by atoms with Crippen molar-refractivity contribution in [1.82, 2.24) is 5.32 Å². The van der Waals surface area contributed by atoms with Crippen molar-refractivity contribution in [2.45, 2.75) is 75.3 Å². The van der Waals surface area contributed by atoms with Crippen molar-refractivity contribution < 1.29 is 9.53 Å². The molecule has 0 heterocycles. The highest BCUT2D eigenvalue weighted by atomic mass is 35.5. The Morgan fingerprint density at radius 1 is 1.15 bits per heavy atom. The van der Waals surface area contributed by atoms with E-state index in [4.69, 9.17) is 10.5 Å². The number of nitrogens with one attached hydrogen (secondary N) is 1. The summed E-state index contributed by atoms with van der Waals surface area (Å²) in [5.41, 5.74) is 6.99. The number of fused-ring (bicyclic) bond motifs is 2. The van der Waals surface area contributed by atoms with Crippen molar-refractivity contribution >= 4 is 18.3 Å². The molecule has 3 aliphatic rings. The Kier molecular flexibility index (Phi) is 6.37. The second kappa shape index (κ2) is 8.40. The minimum Gasteiger partial charge on any atom is -0.497 e. The van der Waals surface area contributed by atoms with Gasteiger partial charge in [-0.2, -0.15) is 0 Å². The van der Waals surface area contributed by atoms with Gasteiger partial charge in [-0.25, -0.2) is 0 Å². The normalized spacial score (nSPS) is 31.6. The van der Waals surface area contributed by atoms with E-state index in [1.807, 2.05) is 12.1 Å². The highest BCUT2D eigenvalue weighted by Crippen LogP contribution is 2.44. The van der Waals surface area contributed by atoms with E-state index in [-0.39, 0.29) is 23.7 Å². The van der Waals surface area contributed by atoms with E-state index in [0.29, 0.717) is 23.9 Å². The van der Waals surface area contributed by atoms with Crippen LogP contribution in [0.15, 0.2) is 24.3 Å². The molecule has 0 saturated heterocycles. The number of benzene rings is 1. The van der Waals surface area contributed by atoms with Gasteiger partial charge >= 0.3 is 0 Å². The molecular formula is C22H33ClN2O2. The number of hydrogen-bond donors (Lipinski definition) is 2. The number of nitrogens with two attached hydrogens (primary N) is 1. The molecule has 1 aromatic carbocycles. The van der Waals surface area contributed by atoms with Crippen LogP contribution >= 0.6 is 12.4 Å². The van der Waals surface area contributed by atoms with Gasteiger partial charge < -0.3 is 15.8 Å². The molecule has 5 heteroatoms. The lowest BCUT2D eigenvalue weighted by Crippen LogP contribution is -2.57. The van der Waals surface area contributed by atoms with Crippen molar-refractivity contribution in [2.24, 2.45) is 17.6 Å². The van der Waals surface area contributed by atoms with Crippen LogP contribution in [0.3, 0.4) is 0 Å². The van der Waals surface area contributed by atoms with Crippen LogP contribution in [0.2, 0.25) is 0 Å². The molecule has 0 radical (unpaired) electrons. The molecule has 3 fully saturated rings. The lowest BCUT2D eigenvalue weighted by molar-refractivity contribution is -0.129. The minimum absolute atomic E-state index is 0. The first-order chi connectivity index (χ1) is 12.6. The number of carbonyl (C=O) groups is 1. The smallest absolute Gasteiger partial charge is 0.230 e. The Morgan fingerprint density at radius 2 is 1.81 bits per heavy atom. The molecule has 2 unspecified atom stereocenters. The second-order valence-electron chi connectivity index (χ2n) is 8.70.